The summed E-state index contributed by atoms with van der Waals surface area (Å²) in [4.78, 5) is 25.5. The van der Waals surface area contributed by atoms with Gasteiger partial charge in [-0.1, -0.05) is 24.3 Å². The van der Waals surface area contributed by atoms with E-state index in [0.29, 0.717) is 36.8 Å². The number of benzene rings is 2. The van der Waals surface area contributed by atoms with Crippen LogP contribution in [0.3, 0.4) is 0 Å². The van der Waals surface area contributed by atoms with Gasteiger partial charge in [0.25, 0.3) is 5.91 Å². The quantitative estimate of drug-likeness (QED) is 0.602. The van der Waals surface area contributed by atoms with Gasteiger partial charge in [-0.25, -0.2) is 4.98 Å². The lowest BCUT2D eigenvalue weighted by molar-refractivity contribution is 0.0501. The average molecular weight is 446 g/mol. The summed E-state index contributed by atoms with van der Waals surface area (Å²) in [6.07, 6.45) is 5.16. The number of ether oxygens (including phenoxy) is 1. The van der Waals surface area contributed by atoms with Gasteiger partial charge >= 0.3 is 0 Å². The van der Waals surface area contributed by atoms with Crippen LogP contribution < -0.4 is 10.1 Å². The van der Waals surface area contributed by atoms with E-state index >= 15 is 0 Å². The molecule has 1 atom stereocenters. The summed E-state index contributed by atoms with van der Waals surface area (Å²) in [7, 11) is 0. The molecule has 0 fully saturated rings. The van der Waals surface area contributed by atoms with Gasteiger partial charge in [0.15, 0.2) is 0 Å². The Morgan fingerprint density at radius 3 is 2.82 bits per heavy atom. The maximum absolute atomic E-state index is 13.3. The molecule has 33 heavy (non-hydrogen) atoms. The summed E-state index contributed by atoms with van der Waals surface area (Å²) in [6, 6.07) is 13.8. The minimum atomic E-state index is -0.637. The minimum Gasteiger partial charge on any atom is -0.491 e. The van der Waals surface area contributed by atoms with Crippen molar-refractivity contribution in [1.82, 2.24) is 19.8 Å². The first-order chi connectivity index (χ1) is 16.2. The Morgan fingerprint density at radius 2 is 1.97 bits per heavy atom. The summed E-state index contributed by atoms with van der Waals surface area (Å²) < 4.78 is 5.81. The van der Waals surface area contributed by atoms with Crippen molar-refractivity contribution >= 4 is 17.4 Å². The summed E-state index contributed by atoms with van der Waals surface area (Å²) in [5, 5.41) is 14.0. The third kappa shape index (κ3) is 4.97. The van der Waals surface area contributed by atoms with Crippen molar-refractivity contribution in [1.29, 1.82) is 0 Å². The topological polar surface area (TPSA) is 90.8 Å². The van der Waals surface area contributed by atoms with Crippen molar-refractivity contribution < 1.29 is 14.6 Å². The van der Waals surface area contributed by atoms with Crippen molar-refractivity contribution in [2.75, 3.05) is 38.1 Å². The highest BCUT2D eigenvalue weighted by molar-refractivity contribution is 5.98. The SMILES string of the molecule is O=C1c2cc(Nc3cnccn3)ccc2OCCN1C[C@H](O)CN1CCc2ccccc2C1. The third-order valence-electron chi connectivity index (χ3n) is 6.06. The molecule has 0 aliphatic carbocycles. The van der Waals surface area contributed by atoms with E-state index < -0.39 is 6.10 Å². The Labute approximate surface area is 192 Å². The molecule has 1 amide bonds. The fourth-order valence-electron chi connectivity index (χ4n) is 4.44. The Bertz CT molecular complexity index is 1120. The number of nitrogens with zero attached hydrogens (tertiary/aromatic N) is 4. The van der Waals surface area contributed by atoms with Gasteiger partial charge in [-0.2, -0.15) is 0 Å². The van der Waals surface area contributed by atoms with Crippen LogP contribution in [0.1, 0.15) is 21.5 Å². The van der Waals surface area contributed by atoms with E-state index in [1.165, 1.54) is 11.1 Å². The molecule has 0 saturated carbocycles. The second-order valence-corrected chi connectivity index (χ2v) is 8.43. The smallest absolute Gasteiger partial charge is 0.257 e. The molecule has 2 aliphatic heterocycles. The van der Waals surface area contributed by atoms with Crippen molar-refractivity contribution in [3.63, 3.8) is 0 Å². The molecule has 8 heteroatoms. The normalized spacial score (nSPS) is 16.9. The second-order valence-electron chi connectivity index (χ2n) is 8.43. The fourth-order valence-corrected chi connectivity index (χ4v) is 4.44. The molecule has 3 aromatic rings. The van der Waals surface area contributed by atoms with E-state index in [4.69, 9.17) is 4.74 Å². The number of anilines is 2. The van der Waals surface area contributed by atoms with Gasteiger partial charge in [-0.05, 0) is 35.7 Å². The standard InChI is InChI=1S/C25H27N5O3/c31-21(16-29-10-7-18-3-1-2-4-19(18)15-29)17-30-11-12-33-23-6-5-20(13-22(23)25(30)32)28-24-14-26-8-9-27-24/h1-6,8-9,13-14,21,31H,7,10-12,15-17H2,(H,27,28)/t21-/m1/s1. The van der Waals surface area contributed by atoms with Crippen molar-refractivity contribution in [2.45, 2.75) is 19.1 Å². The van der Waals surface area contributed by atoms with E-state index in [-0.39, 0.29) is 12.5 Å². The first kappa shape index (κ1) is 21.4. The van der Waals surface area contributed by atoms with Gasteiger partial charge < -0.3 is 20.1 Å². The largest absolute Gasteiger partial charge is 0.491 e. The predicted molar refractivity (Wildman–Crippen MR) is 125 cm³/mol. The molecular weight excluding hydrogens is 418 g/mol. The molecule has 0 saturated heterocycles. The molecule has 0 spiro atoms. The van der Waals surface area contributed by atoms with Crippen LogP contribution in [0.25, 0.3) is 0 Å². The molecule has 0 unspecified atom stereocenters. The predicted octanol–water partition coefficient (Wildman–Crippen LogP) is 2.47. The number of aliphatic hydroxyl groups is 1. The third-order valence-corrected chi connectivity index (χ3v) is 6.06. The maximum Gasteiger partial charge on any atom is 0.257 e. The van der Waals surface area contributed by atoms with E-state index in [1.807, 2.05) is 6.07 Å². The minimum absolute atomic E-state index is 0.145. The van der Waals surface area contributed by atoms with Gasteiger partial charge in [0.05, 0.1) is 24.4 Å². The van der Waals surface area contributed by atoms with E-state index in [9.17, 15) is 9.90 Å². The highest BCUT2D eigenvalue weighted by atomic mass is 16.5. The maximum atomic E-state index is 13.3. The molecule has 1 aromatic heterocycles. The number of rotatable bonds is 6. The Hall–Kier alpha value is -3.49. The molecule has 170 valence electrons. The first-order valence-corrected chi connectivity index (χ1v) is 11.2. The van der Waals surface area contributed by atoms with Gasteiger partial charge in [-0.15, -0.1) is 0 Å². The summed E-state index contributed by atoms with van der Waals surface area (Å²) in [5.41, 5.74) is 3.89. The summed E-state index contributed by atoms with van der Waals surface area (Å²) in [6.45, 7) is 3.34. The molecule has 8 nitrogen and oxygen atoms in total. The monoisotopic (exact) mass is 445 g/mol. The zero-order chi connectivity index (χ0) is 22.6. The number of nitrogens with one attached hydrogen (secondary N) is 1. The number of fused-ring (bicyclic) bond motifs is 2. The summed E-state index contributed by atoms with van der Waals surface area (Å²) >= 11 is 0. The van der Waals surface area contributed by atoms with Gasteiger partial charge in [-0.3, -0.25) is 14.7 Å². The van der Waals surface area contributed by atoms with Crippen LogP contribution in [-0.4, -0.2) is 69.7 Å². The number of hydrogen-bond acceptors (Lipinski definition) is 7. The highest BCUT2D eigenvalue weighted by Crippen LogP contribution is 2.28. The molecule has 3 heterocycles. The zero-order valence-corrected chi connectivity index (χ0v) is 18.4. The van der Waals surface area contributed by atoms with E-state index in [0.717, 1.165) is 25.2 Å². The molecule has 5 rings (SSSR count). The number of β-amino-alcohol motifs (C(OH)–C–C–N with tert-alkyl or cyclic N) is 1. The van der Waals surface area contributed by atoms with Crippen LogP contribution in [0.2, 0.25) is 0 Å². The molecule has 0 bridgehead atoms. The number of hydrogen-bond donors (Lipinski definition) is 2. The Balaban J connectivity index is 1.24. The number of amides is 1. The van der Waals surface area contributed by atoms with Crippen molar-refractivity contribution in [3.8, 4) is 5.75 Å². The Morgan fingerprint density at radius 1 is 1.09 bits per heavy atom. The molecule has 0 radical (unpaired) electrons. The molecular formula is C25H27N5O3. The first-order valence-electron chi connectivity index (χ1n) is 11.2. The second kappa shape index (κ2) is 9.56. The van der Waals surface area contributed by atoms with E-state index in [1.54, 1.807) is 35.6 Å². The fraction of sp³-hybridized carbons (Fsp3) is 0.320. The number of carbonyl (C=O) groups is 1. The number of carbonyl (C=O) groups excluding carboxylic acids is 1. The van der Waals surface area contributed by atoms with Gasteiger partial charge in [0.1, 0.15) is 18.2 Å². The lowest BCUT2D eigenvalue weighted by atomic mass is 10.00. The van der Waals surface area contributed by atoms with E-state index in [2.05, 4.69) is 44.5 Å². The number of aromatic nitrogens is 2. The molecule has 2 aliphatic rings. The lowest BCUT2D eigenvalue weighted by Gasteiger charge is -2.32. The number of aliphatic hydroxyl groups excluding tert-OH is 1. The van der Waals surface area contributed by atoms with Crippen LogP contribution in [0.4, 0.5) is 11.5 Å². The lowest BCUT2D eigenvalue weighted by Crippen LogP contribution is -2.44. The highest BCUT2D eigenvalue weighted by Gasteiger charge is 2.27. The van der Waals surface area contributed by atoms with Crippen LogP contribution in [0.5, 0.6) is 5.75 Å². The zero-order valence-electron chi connectivity index (χ0n) is 18.4. The van der Waals surface area contributed by atoms with Crippen molar-refractivity contribution in [3.05, 3.63) is 77.7 Å². The average Bonchev–Trinajstić information content (AvgIpc) is 2.98. The van der Waals surface area contributed by atoms with Gasteiger partial charge in [0, 0.05) is 44.3 Å². The summed E-state index contributed by atoms with van der Waals surface area (Å²) in [5.74, 6) is 0.998. The van der Waals surface area contributed by atoms with Crippen LogP contribution in [0.15, 0.2) is 61.1 Å². The molecule has 2 aromatic carbocycles. The van der Waals surface area contributed by atoms with Crippen LogP contribution in [-0.2, 0) is 13.0 Å². The van der Waals surface area contributed by atoms with Crippen molar-refractivity contribution in [2.24, 2.45) is 0 Å². The molecule has 2 N–H and O–H groups in total. The van der Waals surface area contributed by atoms with Crippen LogP contribution >= 0.6 is 0 Å². The van der Waals surface area contributed by atoms with Crippen LogP contribution in [0, 0.1) is 0 Å². The van der Waals surface area contributed by atoms with Gasteiger partial charge in [0.2, 0.25) is 0 Å². The Kier molecular flexibility index (Phi) is 6.19.